The lowest BCUT2D eigenvalue weighted by molar-refractivity contribution is -0.0439. The van der Waals surface area contributed by atoms with Crippen LogP contribution >= 0.6 is 0 Å². The summed E-state index contributed by atoms with van der Waals surface area (Å²) in [6.07, 6.45) is 12.0. The molecule has 7 heteroatoms. The minimum Gasteiger partial charge on any atom is -0.493 e. The van der Waals surface area contributed by atoms with E-state index in [1.54, 1.807) is 38.1 Å². The molecule has 1 aromatic rings. The van der Waals surface area contributed by atoms with Gasteiger partial charge >= 0.3 is 0 Å². The van der Waals surface area contributed by atoms with Gasteiger partial charge in [0, 0.05) is 51.3 Å². The number of rotatable bonds is 9. The van der Waals surface area contributed by atoms with Crippen molar-refractivity contribution in [3.05, 3.63) is 67.4 Å². The number of methoxy groups -OCH3 is 1. The highest BCUT2D eigenvalue weighted by Crippen LogP contribution is 2.46. The minimum atomic E-state index is -0.711. The van der Waals surface area contributed by atoms with Gasteiger partial charge in [-0.15, -0.1) is 12.8 Å². The van der Waals surface area contributed by atoms with E-state index in [0.29, 0.717) is 22.8 Å². The highest BCUT2D eigenvalue weighted by atomic mass is 16.7. The van der Waals surface area contributed by atoms with Crippen molar-refractivity contribution in [3.63, 3.8) is 0 Å². The van der Waals surface area contributed by atoms with E-state index in [0.717, 1.165) is 42.3 Å². The highest BCUT2D eigenvalue weighted by Gasteiger charge is 2.34. The Kier molecular flexibility index (Phi) is 15.4. The fourth-order valence-corrected chi connectivity index (χ4v) is 3.73. The summed E-state index contributed by atoms with van der Waals surface area (Å²) in [6.45, 7) is 26.5. The van der Waals surface area contributed by atoms with Crippen LogP contribution in [-0.2, 0) is 0 Å². The number of carbonyl (C=O) groups excluding carboxylic acids is 1. The Labute approximate surface area is 230 Å². The van der Waals surface area contributed by atoms with Crippen LogP contribution in [0.1, 0.15) is 38.1 Å². The maximum atomic E-state index is 10.7. The van der Waals surface area contributed by atoms with E-state index < -0.39 is 5.79 Å². The Balaban J connectivity index is 0.000000600. The first-order chi connectivity index (χ1) is 17.8. The van der Waals surface area contributed by atoms with Crippen LogP contribution in [0.3, 0.4) is 0 Å². The normalized spacial score (nSPS) is 15.2. The van der Waals surface area contributed by atoms with E-state index in [1.165, 1.54) is 20.2 Å². The van der Waals surface area contributed by atoms with Gasteiger partial charge in [0.1, 0.15) is 6.29 Å². The van der Waals surface area contributed by atoms with Crippen molar-refractivity contribution < 1.29 is 19.0 Å². The summed E-state index contributed by atoms with van der Waals surface area (Å²) < 4.78 is 16.2. The van der Waals surface area contributed by atoms with Crippen LogP contribution in [0.15, 0.2) is 66.9 Å². The van der Waals surface area contributed by atoms with Crippen molar-refractivity contribution >= 4 is 12.0 Å². The molecule has 1 saturated heterocycles. The molecule has 0 amide bonds. The SMILES string of the molecule is C#C.C=C(C)C(=C)N=C(C)CN(C)CC1CN(C)C1.C=CC=C.COc1cc(C=O)cc2c1OC(C)(C)O2. The summed E-state index contributed by atoms with van der Waals surface area (Å²) in [4.78, 5) is 19.8. The third-order valence-electron chi connectivity index (χ3n) is 5.30. The van der Waals surface area contributed by atoms with Crippen LogP contribution in [0, 0.1) is 18.8 Å². The summed E-state index contributed by atoms with van der Waals surface area (Å²) in [5, 5.41) is 0. The standard InChI is InChI=1S/C14H25N3.C11H12O4.C4H6.C2H2/c1-11(2)13(4)15-12(3)7-16(5)8-14-9-17(6)10-14;1-11(2)14-9-5-7(6-12)4-8(13-3)10(9)15-11;1-3-4-2;1-2/h14H,1,4,7-10H2,2-3,5-6H3;4-6H,1-3H3;3-4H,1-2H2;1-2H. The topological polar surface area (TPSA) is 63.6 Å². The van der Waals surface area contributed by atoms with Crippen LogP contribution in [0.5, 0.6) is 17.2 Å². The summed E-state index contributed by atoms with van der Waals surface area (Å²) >= 11 is 0. The van der Waals surface area contributed by atoms with Crippen LogP contribution in [0.25, 0.3) is 0 Å². The van der Waals surface area contributed by atoms with E-state index in [-0.39, 0.29) is 0 Å². The van der Waals surface area contributed by atoms with Gasteiger partial charge in [0.15, 0.2) is 11.5 Å². The van der Waals surface area contributed by atoms with Gasteiger partial charge in [0.05, 0.1) is 12.8 Å². The summed E-state index contributed by atoms with van der Waals surface area (Å²) in [5.74, 6) is 1.72. The summed E-state index contributed by atoms with van der Waals surface area (Å²) in [6, 6.07) is 3.26. The lowest BCUT2D eigenvalue weighted by Crippen LogP contribution is -2.49. The molecule has 2 heterocycles. The second kappa shape index (κ2) is 17.0. The Morgan fingerprint density at radius 2 is 1.79 bits per heavy atom. The maximum absolute atomic E-state index is 10.7. The lowest BCUT2D eigenvalue weighted by Gasteiger charge is -2.38. The number of likely N-dealkylation sites (tertiary alicyclic amines) is 1. The van der Waals surface area contributed by atoms with Crippen molar-refractivity contribution in [1.29, 1.82) is 0 Å². The molecule has 1 aromatic carbocycles. The molecule has 208 valence electrons. The van der Waals surface area contributed by atoms with Crippen molar-refractivity contribution in [2.75, 3.05) is 47.4 Å². The van der Waals surface area contributed by atoms with Gasteiger partial charge in [-0.25, -0.2) is 0 Å². The average Bonchev–Trinajstić information content (AvgIpc) is 3.17. The third-order valence-corrected chi connectivity index (χ3v) is 5.30. The second-order valence-electron chi connectivity index (χ2n) is 9.60. The molecule has 2 aliphatic rings. The van der Waals surface area contributed by atoms with Gasteiger partial charge in [0.2, 0.25) is 11.5 Å². The molecule has 0 unspecified atom stereocenters. The number of nitrogens with zero attached hydrogens (tertiary/aromatic N) is 3. The molecule has 0 spiro atoms. The van der Waals surface area contributed by atoms with Gasteiger partial charge in [-0.3, -0.25) is 9.79 Å². The fraction of sp³-hybridized carbons (Fsp3) is 0.419. The smallest absolute Gasteiger partial charge is 0.246 e. The number of allylic oxidation sites excluding steroid dienone is 3. The third kappa shape index (κ3) is 12.1. The van der Waals surface area contributed by atoms with Crippen molar-refractivity contribution in [1.82, 2.24) is 9.80 Å². The zero-order valence-electron chi connectivity index (χ0n) is 24.3. The molecule has 0 N–H and O–H groups in total. The Hall–Kier alpha value is -3.60. The first kappa shape index (κ1) is 34.4. The molecule has 0 atom stereocenters. The summed E-state index contributed by atoms with van der Waals surface area (Å²) in [5.41, 5.74) is 3.34. The molecule has 0 aliphatic carbocycles. The Morgan fingerprint density at radius 1 is 1.21 bits per heavy atom. The number of fused-ring (bicyclic) bond motifs is 1. The predicted octanol–water partition coefficient (Wildman–Crippen LogP) is 5.65. The van der Waals surface area contributed by atoms with Crippen LogP contribution < -0.4 is 14.2 Å². The van der Waals surface area contributed by atoms with Gasteiger partial charge in [-0.1, -0.05) is 38.5 Å². The number of benzene rings is 1. The Bertz CT molecular complexity index is 1010. The quantitative estimate of drug-likeness (QED) is 0.180. The molecule has 7 nitrogen and oxygen atoms in total. The van der Waals surface area contributed by atoms with Gasteiger partial charge in [-0.05, 0) is 51.6 Å². The number of aldehydes is 1. The zero-order chi connectivity index (χ0) is 29.5. The van der Waals surface area contributed by atoms with E-state index in [9.17, 15) is 4.79 Å². The Morgan fingerprint density at radius 3 is 2.24 bits per heavy atom. The molecule has 2 aliphatic heterocycles. The molecule has 1 fully saturated rings. The van der Waals surface area contributed by atoms with E-state index in [4.69, 9.17) is 14.2 Å². The van der Waals surface area contributed by atoms with Crippen LogP contribution in [0.2, 0.25) is 0 Å². The van der Waals surface area contributed by atoms with Gasteiger partial charge in [-0.2, -0.15) is 0 Å². The molecule has 0 aromatic heterocycles. The molecule has 0 radical (unpaired) electrons. The average molecular weight is 524 g/mol. The van der Waals surface area contributed by atoms with Crippen LogP contribution in [0.4, 0.5) is 0 Å². The number of carbonyl (C=O) groups is 1. The first-order valence-electron chi connectivity index (χ1n) is 12.2. The number of hydrogen-bond acceptors (Lipinski definition) is 7. The minimum absolute atomic E-state index is 0.506. The molecule has 3 rings (SSSR count). The largest absolute Gasteiger partial charge is 0.493 e. The predicted molar refractivity (Wildman–Crippen MR) is 160 cm³/mol. The van der Waals surface area contributed by atoms with Gasteiger partial charge < -0.3 is 24.0 Å². The van der Waals surface area contributed by atoms with Crippen molar-refractivity contribution in [2.24, 2.45) is 10.9 Å². The number of aliphatic imine (C=N–C) groups is 1. The number of hydrogen-bond donors (Lipinski definition) is 0. The number of terminal acetylenes is 1. The second-order valence-corrected chi connectivity index (χ2v) is 9.60. The van der Waals surface area contributed by atoms with Gasteiger partial charge in [0.25, 0.3) is 0 Å². The van der Waals surface area contributed by atoms with Crippen molar-refractivity contribution in [3.8, 4) is 30.1 Å². The lowest BCUT2D eigenvalue weighted by atomic mass is 10.0. The maximum Gasteiger partial charge on any atom is 0.246 e. The summed E-state index contributed by atoms with van der Waals surface area (Å²) in [7, 11) is 5.85. The monoisotopic (exact) mass is 523 g/mol. The molecular formula is C31H45N3O4. The molecular weight excluding hydrogens is 478 g/mol. The molecule has 0 saturated carbocycles. The van der Waals surface area contributed by atoms with E-state index in [1.807, 2.05) is 6.92 Å². The highest BCUT2D eigenvalue weighted by molar-refractivity contribution is 5.85. The van der Waals surface area contributed by atoms with E-state index >= 15 is 0 Å². The fourth-order valence-electron chi connectivity index (χ4n) is 3.73. The first-order valence-corrected chi connectivity index (χ1v) is 12.2. The molecule has 0 bridgehead atoms. The zero-order valence-corrected chi connectivity index (χ0v) is 24.3. The molecule has 38 heavy (non-hydrogen) atoms. The van der Waals surface area contributed by atoms with Crippen molar-refractivity contribution in [2.45, 2.75) is 33.5 Å². The number of ether oxygens (including phenoxy) is 3. The van der Waals surface area contributed by atoms with Crippen LogP contribution in [-0.4, -0.2) is 75.0 Å². The van der Waals surface area contributed by atoms with E-state index in [2.05, 4.69) is 75.0 Å².